The van der Waals surface area contributed by atoms with Crippen LogP contribution in [-0.4, -0.2) is 38.1 Å². The maximum absolute atomic E-state index is 12.2. The summed E-state index contributed by atoms with van der Waals surface area (Å²) in [6, 6.07) is 0. The van der Waals surface area contributed by atoms with Crippen LogP contribution in [0.1, 0.15) is 39.0 Å². The molecule has 6 heteroatoms. The van der Waals surface area contributed by atoms with Crippen LogP contribution in [0, 0.1) is 11.3 Å². The van der Waals surface area contributed by atoms with Crippen molar-refractivity contribution < 1.29 is 8.42 Å². The first-order valence-corrected chi connectivity index (χ1v) is 8.24. The number of nitrogens with two attached hydrogens (primary N) is 1. The molecule has 0 aromatic rings. The van der Waals surface area contributed by atoms with Crippen molar-refractivity contribution in [2.75, 3.05) is 25.4 Å². The minimum absolute atomic E-state index is 0. The average molecular weight is 297 g/mol. The SMILES string of the molecule is CC1(CN)CCN(S(=O)(=O)CCC2CCC2)C1.Cl. The van der Waals surface area contributed by atoms with E-state index in [2.05, 4.69) is 6.92 Å². The molecule has 2 rings (SSSR count). The lowest BCUT2D eigenvalue weighted by Crippen LogP contribution is -2.36. The summed E-state index contributed by atoms with van der Waals surface area (Å²) in [7, 11) is -3.03. The molecule has 1 heterocycles. The molecule has 18 heavy (non-hydrogen) atoms. The lowest BCUT2D eigenvalue weighted by Gasteiger charge is -2.27. The number of rotatable bonds is 5. The van der Waals surface area contributed by atoms with E-state index < -0.39 is 10.0 Å². The molecule has 0 aromatic heterocycles. The molecule has 0 aromatic carbocycles. The second-order valence-electron chi connectivity index (χ2n) is 6.00. The molecule has 1 atom stereocenters. The maximum atomic E-state index is 12.2. The molecule has 2 fully saturated rings. The molecule has 0 bridgehead atoms. The van der Waals surface area contributed by atoms with Gasteiger partial charge in [0.05, 0.1) is 5.75 Å². The van der Waals surface area contributed by atoms with Crippen LogP contribution >= 0.6 is 12.4 Å². The van der Waals surface area contributed by atoms with Gasteiger partial charge >= 0.3 is 0 Å². The van der Waals surface area contributed by atoms with Crippen molar-refractivity contribution in [2.24, 2.45) is 17.1 Å². The first-order chi connectivity index (χ1) is 7.95. The number of hydrogen-bond acceptors (Lipinski definition) is 3. The molecule has 1 unspecified atom stereocenters. The van der Waals surface area contributed by atoms with Crippen LogP contribution in [0.4, 0.5) is 0 Å². The van der Waals surface area contributed by atoms with E-state index in [1.54, 1.807) is 4.31 Å². The fraction of sp³-hybridized carbons (Fsp3) is 1.00. The minimum Gasteiger partial charge on any atom is -0.330 e. The molecule has 4 nitrogen and oxygen atoms in total. The molecule has 2 N–H and O–H groups in total. The van der Waals surface area contributed by atoms with E-state index >= 15 is 0 Å². The number of nitrogens with zero attached hydrogens (tertiary/aromatic N) is 1. The van der Waals surface area contributed by atoms with E-state index in [9.17, 15) is 8.42 Å². The van der Waals surface area contributed by atoms with Crippen molar-refractivity contribution in [1.29, 1.82) is 0 Å². The summed E-state index contributed by atoms with van der Waals surface area (Å²) >= 11 is 0. The molecule has 0 amide bonds. The van der Waals surface area contributed by atoms with E-state index in [1.165, 1.54) is 19.3 Å². The van der Waals surface area contributed by atoms with Crippen LogP contribution in [0.15, 0.2) is 0 Å². The third-order valence-electron chi connectivity index (χ3n) is 4.42. The highest BCUT2D eigenvalue weighted by Gasteiger charge is 2.38. The topological polar surface area (TPSA) is 63.4 Å². The Kier molecular flexibility index (Phi) is 5.47. The van der Waals surface area contributed by atoms with Gasteiger partial charge in [-0.1, -0.05) is 26.2 Å². The Morgan fingerprint density at radius 3 is 2.50 bits per heavy atom. The van der Waals surface area contributed by atoms with Crippen molar-refractivity contribution in [3.05, 3.63) is 0 Å². The van der Waals surface area contributed by atoms with Gasteiger partial charge in [-0.25, -0.2) is 12.7 Å². The smallest absolute Gasteiger partial charge is 0.214 e. The Bertz CT molecular complexity index is 370. The van der Waals surface area contributed by atoms with Crippen molar-refractivity contribution in [3.8, 4) is 0 Å². The summed E-state index contributed by atoms with van der Waals surface area (Å²) in [6.45, 7) is 3.91. The standard InChI is InChI=1S/C12H24N2O2S.ClH/c1-12(9-13)6-7-14(10-12)17(15,16)8-5-11-3-2-4-11;/h11H,2-10,13H2,1H3;1H. The highest BCUT2D eigenvalue weighted by Crippen LogP contribution is 2.33. The van der Waals surface area contributed by atoms with Crippen LogP contribution in [0.2, 0.25) is 0 Å². The third-order valence-corrected chi connectivity index (χ3v) is 6.27. The lowest BCUT2D eigenvalue weighted by atomic mass is 9.84. The Morgan fingerprint density at radius 1 is 1.39 bits per heavy atom. The zero-order valence-electron chi connectivity index (χ0n) is 11.1. The molecular weight excluding hydrogens is 272 g/mol. The zero-order valence-corrected chi connectivity index (χ0v) is 12.7. The van der Waals surface area contributed by atoms with Gasteiger partial charge in [0.15, 0.2) is 0 Å². The fourth-order valence-corrected chi connectivity index (χ4v) is 4.38. The van der Waals surface area contributed by atoms with Crippen molar-refractivity contribution in [1.82, 2.24) is 4.31 Å². The predicted molar refractivity (Wildman–Crippen MR) is 76.3 cm³/mol. The highest BCUT2D eigenvalue weighted by atomic mass is 35.5. The normalized spacial score (nSPS) is 29.9. The van der Waals surface area contributed by atoms with Crippen LogP contribution in [0.5, 0.6) is 0 Å². The Morgan fingerprint density at radius 2 is 2.06 bits per heavy atom. The second kappa shape index (κ2) is 6.07. The average Bonchev–Trinajstić information content (AvgIpc) is 2.60. The van der Waals surface area contributed by atoms with Crippen LogP contribution in [-0.2, 0) is 10.0 Å². The number of halogens is 1. The van der Waals surface area contributed by atoms with Gasteiger partial charge in [-0.15, -0.1) is 12.4 Å². The number of hydrogen-bond donors (Lipinski definition) is 1. The molecule has 2 aliphatic rings. The maximum Gasteiger partial charge on any atom is 0.214 e. The first-order valence-electron chi connectivity index (χ1n) is 6.63. The van der Waals surface area contributed by atoms with Gasteiger partial charge in [0.2, 0.25) is 10.0 Å². The van der Waals surface area contributed by atoms with E-state index in [4.69, 9.17) is 5.73 Å². The van der Waals surface area contributed by atoms with Gasteiger partial charge in [0.1, 0.15) is 0 Å². The molecule has 1 saturated carbocycles. The molecule has 108 valence electrons. The lowest BCUT2D eigenvalue weighted by molar-refractivity contribution is 0.304. The van der Waals surface area contributed by atoms with Crippen LogP contribution < -0.4 is 5.73 Å². The van der Waals surface area contributed by atoms with E-state index in [-0.39, 0.29) is 17.8 Å². The fourth-order valence-electron chi connectivity index (χ4n) is 2.61. The summed E-state index contributed by atoms with van der Waals surface area (Å²) in [5.41, 5.74) is 5.69. The molecular formula is C12H25ClN2O2S. The number of sulfonamides is 1. The summed E-state index contributed by atoms with van der Waals surface area (Å²) in [5.74, 6) is 0.992. The van der Waals surface area contributed by atoms with Gasteiger partial charge < -0.3 is 5.73 Å². The van der Waals surface area contributed by atoms with Crippen molar-refractivity contribution >= 4 is 22.4 Å². The quantitative estimate of drug-likeness (QED) is 0.838. The second-order valence-corrected chi connectivity index (χ2v) is 8.09. The minimum atomic E-state index is -3.03. The van der Waals surface area contributed by atoms with Gasteiger partial charge in [-0.05, 0) is 30.7 Å². The molecule has 1 aliphatic heterocycles. The first kappa shape index (κ1) is 16.2. The predicted octanol–water partition coefficient (Wildman–Crippen LogP) is 1.60. The van der Waals surface area contributed by atoms with Gasteiger partial charge in [-0.3, -0.25) is 0 Å². The summed E-state index contributed by atoms with van der Waals surface area (Å²) in [5, 5.41) is 0. The molecule has 1 aliphatic carbocycles. The third kappa shape index (κ3) is 3.59. The summed E-state index contributed by atoms with van der Waals surface area (Å²) < 4.78 is 26.0. The Labute approximate surface area is 117 Å². The van der Waals surface area contributed by atoms with Crippen LogP contribution in [0.3, 0.4) is 0 Å². The van der Waals surface area contributed by atoms with E-state index in [0.29, 0.717) is 31.3 Å². The van der Waals surface area contributed by atoms with E-state index in [1.807, 2.05) is 0 Å². The van der Waals surface area contributed by atoms with Crippen molar-refractivity contribution in [2.45, 2.75) is 39.0 Å². The zero-order chi connectivity index (χ0) is 12.5. The highest BCUT2D eigenvalue weighted by molar-refractivity contribution is 7.89. The van der Waals surface area contributed by atoms with Crippen molar-refractivity contribution in [3.63, 3.8) is 0 Å². The largest absolute Gasteiger partial charge is 0.330 e. The summed E-state index contributed by atoms with van der Waals surface area (Å²) in [4.78, 5) is 0. The molecule has 1 saturated heterocycles. The molecule has 0 spiro atoms. The van der Waals surface area contributed by atoms with Gasteiger partial charge in [0, 0.05) is 13.1 Å². The summed E-state index contributed by atoms with van der Waals surface area (Å²) in [6.07, 6.45) is 5.45. The van der Waals surface area contributed by atoms with Gasteiger partial charge in [-0.2, -0.15) is 0 Å². The Balaban J connectivity index is 0.00000162. The van der Waals surface area contributed by atoms with Crippen LogP contribution in [0.25, 0.3) is 0 Å². The Hall–Kier alpha value is 0.160. The van der Waals surface area contributed by atoms with E-state index in [0.717, 1.165) is 12.8 Å². The molecule has 0 radical (unpaired) electrons. The van der Waals surface area contributed by atoms with Gasteiger partial charge in [0.25, 0.3) is 0 Å². The monoisotopic (exact) mass is 296 g/mol.